The van der Waals surface area contributed by atoms with Crippen LogP contribution >= 0.6 is 0 Å². The summed E-state index contributed by atoms with van der Waals surface area (Å²) in [5.41, 5.74) is 8.66. The van der Waals surface area contributed by atoms with Gasteiger partial charge in [0.2, 0.25) is 0 Å². The number of ether oxygens (including phenoxy) is 1. The van der Waals surface area contributed by atoms with Crippen LogP contribution in [0.15, 0.2) is 42.5 Å². The Morgan fingerprint density at radius 2 is 1.75 bits per heavy atom. The number of hydrogen-bond acceptors (Lipinski definition) is 2. The summed E-state index contributed by atoms with van der Waals surface area (Å²) in [6, 6.07) is 12.1. The molecular formula is C17H20FNO. The van der Waals surface area contributed by atoms with Gasteiger partial charge in [-0.3, -0.25) is 0 Å². The van der Waals surface area contributed by atoms with Crippen molar-refractivity contribution in [2.75, 3.05) is 0 Å². The summed E-state index contributed by atoms with van der Waals surface area (Å²) >= 11 is 0. The molecule has 0 saturated heterocycles. The second-order valence-electron chi connectivity index (χ2n) is 5.12. The van der Waals surface area contributed by atoms with Crippen LogP contribution in [0.1, 0.15) is 29.7 Å². The molecule has 2 rings (SSSR count). The molecule has 0 bridgehead atoms. The molecule has 20 heavy (non-hydrogen) atoms. The van der Waals surface area contributed by atoms with Gasteiger partial charge in [-0.25, -0.2) is 4.39 Å². The normalized spacial score (nSPS) is 13.8. The first kappa shape index (κ1) is 14.5. The molecule has 0 aliphatic heterocycles. The summed E-state index contributed by atoms with van der Waals surface area (Å²) in [6.45, 7) is 5.83. The van der Waals surface area contributed by atoms with Crippen LogP contribution < -0.4 is 10.5 Å². The Morgan fingerprint density at radius 3 is 2.40 bits per heavy atom. The number of nitrogens with two attached hydrogens (primary N) is 1. The Labute approximate surface area is 119 Å². The standard InChI is InChI=1S/C17H20FNO/c1-11-7-6-10-16(12(11)2)20-17(13(3)19)14-8-4-5-9-15(14)18/h4-10,13,17H,19H2,1-3H3. The van der Waals surface area contributed by atoms with Crippen LogP contribution in [0.2, 0.25) is 0 Å². The van der Waals surface area contributed by atoms with Crippen molar-refractivity contribution in [3.05, 3.63) is 65.0 Å². The van der Waals surface area contributed by atoms with Crippen LogP contribution in [-0.4, -0.2) is 6.04 Å². The molecule has 0 aliphatic rings. The fourth-order valence-corrected chi connectivity index (χ4v) is 2.15. The van der Waals surface area contributed by atoms with Crippen LogP contribution in [-0.2, 0) is 0 Å². The molecule has 2 N–H and O–H groups in total. The average molecular weight is 273 g/mol. The van der Waals surface area contributed by atoms with Gasteiger partial charge in [0.05, 0.1) is 0 Å². The van der Waals surface area contributed by atoms with Gasteiger partial charge in [-0.05, 0) is 44.0 Å². The molecule has 2 nitrogen and oxygen atoms in total. The van der Waals surface area contributed by atoms with E-state index in [-0.39, 0.29) is 11.9 Å². The molecule has 2 atom stereocenters. The van der Waals surface area contributed by atoms with E-state index in [1.165, 1.54) is 6.07 Å². The molecule has 0 aliphatic carbocycles. The quantitative estimate of drug-likeness (QED) is 0.916. The molecule has 2 aromatic rings. The highest BCUT2D eigenvalue weighted by molar-refractivity contribution is 5.39. The van der Waals surface area contributed by atoms with Crippen LogP contribution in [0, 0.1) is 19.7 Å². The maximum atomic E-state index is 13.9. The molecular weight excluding hydrogens is 253 g/mol. The summed E-state index contributed by atoms with van der Waals surface area (Å²) < 4.78 is 19.9. The topological polar surface area (TPSA) is 35.2 Å². The van der Waals surface area contributed by atoms with Crippen LogP contribution in [0.5, 0.6) is 5.75 Å². The van der Waals surface area contributed by atoms with Gasteiger partial charge in [0.1, 0.15) is 17.7 Å². The molecule has 0 aromatic heterocycles. The minimum absolute atomic E-state index is 0.292. The van der Waals surface area contributed by atoms with E-state index < -0.39 is 6.10 Å². The largest absolute Gasteiger partial charge is 0.484 e. The number of hydrogen-bond donors (Lipinski definition) is 1. The summed E-state index contributed by atoms with van der Waals surface area (Å²) in [6.07, 6.45) is -0.503. The predicted octanol–water partition coefficient (Wildman–Crippen LogP) is 3.91. The minimum Gasteiger partial charge on any atom is -0.484 e. The molecule has 106 valence electrons. The summed E-state index contributed by atoms with van der Waals surface area (Å²) in [7, 11) is 0. The van der Waals surface area contributed by atoms with E-state index in [0.29, 0.717) is 5.56 Å². The molecule has 0 amide bonds. The number of aryl methyl sites for hydroxylation is 1. The molecule has 2 unspecified atom stereocenters. The maximum Gasteiger partial charge on any atom is 0.141 e. The predicted molar refractivity (Wildman–Crippen MR) is 79.3 cm³/mol. The first-order valence-electron chi connectivity index (χ1n) is 6.73. The fraction of sp³-hybridized carbons (Fsp3) is 0.294. The van der Waals surface area contributed by atoms with E-state index in [0.717, 1.165) is 16.9 Å². The average Bonchev–Trinajstić information content (AvgIpc) is 2.41. The van der Waals surface area contributed by atoms with Crippen molar-refractivity contribution in [1.29, 1.82) is 0 Å². The zero-order valence-corrected chi connectivity index (χ0v) is 12.1. The highest BCUT2D eigenvalue weighted by Crippen LogP contribution is 2.29. The Morgan fingerprint density at radius 1 is 1.05 bits per heavy atom. The van der Waals surface area contributed by atoms with E-state index >= 15 is 0 Å². The van der Waals surface area contributed by atoms with Crippen molar-refractivity contribution >= 4 is 0 Å². The lowest BCUT2D eigenvalue weighted by Gasteiger charge is -2.24. The maximum absolute atomic E-state index is 13.9. The van der Waals surface area contributed by atoms with Crippen molar-refractivity contribution in [3.63, 3.8) is 0 Å². The SMILES string of the molecule is Cc1cccc(OC(c2ccccc2F)C(C)N)c1C. The van der Waals surface area contributed by atoms with E-state index in [9.17, 15) is 4.39 Å². The van der Waals surface area contributed by atoms with E-state index in [2.05, 4.69) is 0 Å². The second kappa shape index (κ2) is 6.06. The second-order valence-corrected chi connectivity index (χ2v) is 5.12. The van der Waals surface area contributed by atoms with Gasteiger partial charge in [-0.1, -0.05) is 30.3 Å². The third-order valence-electron chi connectivity index (χ3n) is 3.50. The van der Waals surface area contributed by atoms with Crippen molar-refractivity contribution in [3.8, 4) is 5.75 Å². The smallest absolute Gasteiger partial charge is 0.141 e. The van der Waals surface area contributed by atoms with E-state index in [1.807, 2.05) is 39.0 Å². The molecule has 0 radical (unpaired) electrons. The Hall–Kier alpha value is -1.87. The summed E-state index contributed by atoms with van der Waals surface area (Å²) in [4.78, 5) is 0. The lowest BCUT2D eigenvalue weighted by molar-refractivity contribution is 0.174. The number of halogens is 1. The van der Waals surface area contributed by atoms with Gasteiger partial charge >= 0.3 is 0 Å². The minimum atomic E-state index is -0.503. The van der Waals surface area contributed by atoms with Gasteiger partial charge < -0.3 is 10.5 Å². The Bertz CT molecular complexity index is 595. The van der Waals surface area contributed by atoms with Crippen LogP contribution in [0.3, 0.4) is 0 Å². The monoisotopic (exact) mass is 273 g/mol. The zero-order valence-electron chi connectivity index (χ0n) is 12.1. The lowest BCUT2D eigenvalue weighted by Crippen LogP contribution is -2.30. The van der Waals surface area contributed by atoms with Crippen LogP contribution in [0.4, 0.5) is 4.39 Å². The summed E-state index contributed by atoms with van der Waals surface area (Å²) in [5, 5.41) is 0. The Balaban J connectivity index is 2.36. The molecule has 0 spiro atoms. The van der Waals surface area contributed by atoms with Gasteiger partial charge in [0, 0.05) is 11.6 Å². The van der Waals surface area contributed by atoms with Gasteiger partial charge in [-0.2, -0.15) is 0 Å². The van der Waals surface area contributed by atoms with E-state index in [1.54, 1.807) is 18.2 Å². The first-order valence-corrected chi connectivity index (χ1v) is 6.73. The number of rotatable bonds is 4. The van der Waals surface area contributed by atoms with Crippen molar-refractivity contribution in [2.24, 2.45) is 5.73 Å². The van der Waals surface area contributed by atoms with Crippen LogP contribution in [0.25, 0.3) is 0 Å². The molecule has 0 saturated carbocycles. The third-order valence-corrected chi connectivity index (χ3v) is 3.50. The van der Waals surface area contributed by atoms with Crippen molar-refractivity contribution < 1.29 is 9.13 Å². The number of benzene rings is 2. The van der Waals surface area contributed by atoms with E-state index in [4.69, 9.17) is 10.5 Å². The summed E-state index contributed by atoms with van der Waals surface area (Å²) in [5.74, 6) is 0.454. The van der Waals surface area contributed by atoms with Gasteiger partial charge in [-0.15, -0.1) is 0 Å². The molecule has 3 heteroatoms. The first-order chi connectivity index (χ1) is 9.50. The molecule has 0 fully saturated rings. The zero-order chi connectivity index (χ0) is 14.7. The Kier molecular flexibility index (Phi) is 4.40. The lowest BCUT2D eigenvalue weighted by atomic mass is 10.0. The molecule has 0 heterocycles. The highest BCUT2D eigenvalue weighted by Gasteiger charge is 2.22. The van der Waals surface area contributed by atoms with Gasteiger partial charge in [0.15, 0.2) is 0 Å². The van der Waals surface area contributed by atoms with Crippen molar-refractivity contribution in [2.45, 2.75) is 32.9 Å². The third kappa shape index (κ3) is 2.99. The fourth-order valence-electron chi connectivity index (χ4n) is 2.15. The molecule has 2 aromatic carbocycles. The highest BCUT2D eigenvalue weighted by atomic mass is 19.1. The van der Waals surface area contributed by atoms with Crippen molar-refractivity contribution in [1.82, 2.24) is 0 Å². The van der Waals surface area contributed by atoms with Gasteiger partial charge in [0.25, 0.3) is 0 Å².